The van der Waals surface area contributed by atoms with Gasteiger partial charge in [0, 0.05) is 11.3 Å². The lowest BCUT2D eigenvalue weighted by atomic mass is 10.2. The smallest absolute Gasteiger partial charge is 0.252 e. The van der Waals surface area contributed by atoms with E-state index in [0.29, 0.717) is 21.3 Å². The number of nitrogens with one attached hydrogen (secondary N) is 3. The standard InChI is InChI=1S/C16H12Cl5N3OS/c17-11-7-6-10(8-12(11)18)22-15(26)24-14(16(19,20)21)23-13(25)9-4-2-1-3-5-9/h1-8,14H,(H,23,25)(H2,22,24,26). The lowest BCUT2D eigenvalue weighted by molar-refractivity contribution is 0.0934. The van der Waals surface area contributed by atoms with Crippen LogP contribution in [0.25, 0.3) is 0 Å². The summed E-state index contributed by atoms with van der Waals surface area (Å²) in [5, 5.41) is 9.10. The molecule has 0 heterocycles. The molecular weight excluding hydrogens is 460 g/mol. The molecule has 26 heavy (non-hydrogen) atoms. The van der Waals surface area contributed by atoms with Crippen molar-refractivity contribution in [1.82, 2.24) is 10.6 Å². The topological polar surface area (TPSA) is 53.2 Å². The van der Waals surface area contributed by atoms with Gasteiger partial charge < -0.3 is 16.0 Å². The molecular formula is C16H12Cl5N3OS. The van der Waals surface area contributed by atoms with Gasteiger partial charge >= 0.3 is 0 Å². The molecule has 0 bridgehead atoms. The molecule has 0 saturated heterocycles. The first-order chi connectivity index (χ1) is 12.2. The number of carbonyl (C=O) groups is 1. The third-order valence-electron chi connectivity index (χ3n) is 3.09. The summed E-state index contributed by atoms with van der Waals surface area (Å²) in [6, 6.07) is 13.4. The minimum atomic E-state index is -1.85. The van der Waals surface area contributed by atoms with Gasteiger partial charge in [-0.3, -0.25) is 4.79 Å². The Balaban J connectivity index is 2.06. The number of amides is 1. The minimum absolute atomic E-state index is 0.119. The number of hydrogen-bond acceptors (Lipinski definition) is 2. The molecule has 1 unspecified atom stereocenters. The van der Waals surface area contributed by atoms with Gasteiger partial charge in [-0.25, -0.2) is 0 Å². The Morgan fingerprint density at radius 2 is 1.62 bits per heavy atom. The molecule has 138 valence electrons. The SMILES string of the molecule is O=C(NC(NC(=S)Nc1ccc(Cl)c(Cl)c1)C(Cl)(Cl)Cl)c1ccccc1. The van der Waals surface area contributed by atoms with Crippen molar-refractivity contribution < 1.29 is 4.79 Å². The molecule has 0 spiro atoms. The van der Waals surface area contributed by atoms with Crippen LogP contribution >= 0.6 is 70.2 Å². The molecule has 2 rings (SSSR count). The highest BCUT2D eigenvalue weighted by Crippen LogP contribution is 2.29. The number of benzene rings is 2. The molecule has 1 atom stereocenters. The predicted octanol–water partition coefficient (Wildman–Crippen LogP) is 5.41. The van der Waals surface area contributed by atoms with Gasteiger partial charge in [0.05, 0.1) is 10.0 Å². The van der Waals surface area contributed by atoms with E-state index in [4.69, 9.17) is 70.2 Å². The first-order valence-electron chi connectivity index (χ1n) is 7.12. The molecule has 10 heteroatoms. The molecule has 0 aliphatic heterocycles. The summed E-state index contributed by atoms with van der Waals surface area (Å²) in [4.78, 5) is 12.3. The van der Waals surface area contributed by atoms with E-state index in [1.165, 1.54) is 0 Å². The third-order valence-corrected chi connectivity index (χ3v) is 4.71. The van der Waals surface area contributed by atoms with Crippen molar-refractivity contribution in [2.24, 2.45) is 0 Å². The average molecular weight is 472 g/mol. The maximum atomic E-state index is 12.3. The first-order valence-corrected chi connectivity index (χ1v) is 9.42. The Hall–Kier alpha value is -0.950. The van der Waals surface area contributed by atoms with Crippen molar-refractivity contribution in [2.45, 2.75) is 9.96 Å². The maximum absolute atomic E-state index is 12.3. The Kier molecular flexibility index (Phi) is 7.64. The molecule has 1 amide bonds. The number of rotatable bonds is 4. The normalized spacial score (nSPS) is 12.2. The summed E-state index contributed by atoms with van der Waals surface area (Å²) in [5.41, 5.74) is 0.992. The van der Waals surface area contributed by atoms with Crippen LogP contribution in [0.1, 0.15) is 10.4 Å². The largest absolute Gasteiger partial charge is 0.339 e. The van der Waals surface area contributed by atoms with E-state index < -0.39 is 15.9 Å². The van der Waals surface area contributed by atoms with E-state index >= 15 is 0 Å². The van der Waals surface area contributed by atoms with Gasteiger partial charge in [0.1, 0.15) is 6.17 Å². The molecule has 0 radical (unpaired) electrons. The summed E-state index contributed by atoms with van der Waals surface area (Å²) >= 11 is 34.9. The van der Waals surface area contributed by atoms with Gasteiger partial charge in [0.25, 0.3) is 5.91 Å². The van der Waals surface area contributed by atoms with Gasteiger partial charge in [0.15, 0.2) is 5.11 Å². The molecule has 3 N–H and O–H groups in total. The van der Waals surface area contributed by atoms with Crippen LogP contribution in [0.4, 0.5) is 5.69 Å². The van der Waals surface area contributed by atoms with E-state index in [9.17, 15) is 4.79 Å². The monoisotopic (exact) mass is 469 g/mol. The van der Waals surface area contributed by atoms with Crippen molar-refractivity contribution in [3.8, 4) is 0 Å². The molecule has 0 fully saturated rings. The maximum Gasteiger partial charge on any atom is 0.252 e. The third kappa shape index (κ3) is 6.34. The summed E-state index contributed by atoms with van der Waals surface area (Å²) in [7, 11) is 0. The number of hydrogen-bond donors (Lipinski definition) is 3. The van der Waals surface area contributed by atoms with Crippen molar-refractivity contribution in [2.75, 3.05) is 5.32 Å². The molecule has 0 saturated carbocycles. The van der Waals surface area contributed by atoms with Crippen LogP contribution in [0.3, 0.4) is 0 Å². The van der Waals surface area contributed by atoms with E-state index in [1.807, 2.05) is 0 Å². The lowest BCUT2D eigenvalue weighted by Gasteiger charge is -2.27. The average Bonchev–Trinajstić information content (AvgIpc) is 2.57. The van der Waals surface area contributed by atoms with Crippen molar-refractivity contribution in [3.05, 3.63) is 64.1 Å². The highest BCUT2D eigenvalue weighted by Gasteiger charge is 2.34. The summed E-state index contributed by atoms with van der Waals surface area (Å²) in [6.45, 7) is 0. The Morgan fingerprint density at radius 3 is 2.19 bits per heavy atom. The Morgan fingerprint density at radius 1 is 0.962 bits per heavy atom. The lowest BCUT2D eigenvalue weighted by Crippen LogP contribution is -2.56. The number of carbonyl (C=O) groups excluding carboxylic acids is 1. The summed E-state index contributed by atoms with van der Waals surface area (Å²) in [6.07, 6.45) is -1.08. The minimum Gasteiger partial charge on any atom is -0.339 e. The zero-order valence-corrected chi connectivity index (χ0v) is 17.5. The Bertz CT molecular complexity index is 798. The van der Waals surface area contributed by atoms with E-state index in [2.05, 4.69) is 16.0 Å². The molecule has 0 aromatic heterocycles. The fourth-order valence-electron chi connectivity index (χ4n) is 1.88. The number of thiocarbonyl (C=S) groups is 1. The first kappa shape index (κ1) is 21.4. The van der Waals surface area contributed by atoms with Crippen molar-refractivity contribution in [1.29, 1.82) is 0 Å². The van der Waals surface area contributed by atoms with Gasteiger partial charge in [-0.2, -0.15) is 0 Å². The second-order valence-corrected chi connectivity index (χ2v) is 8.63. The molecule has 0 aliphatic rings. The number of alkyl halides is 3. The quantitative estimate of drug-likeness (QED) is 0.317. The van der Waals surface area contributed by atoms with Gasteiger partial charge in [-0.05, 0) is 42.5 Å². The summed E-state index contributed by atoms with van der Waals surface area (Å²) in [5.74, 6) is -0.424. The fourth-order valence-corrected chi connectivity index (χ4v) is 2.74. The van der Waals surface area contributed by atoms with Crippen LogP contribution in [-0.2, 0) is 0 Å². The van der Waals surface area contributed by atoms with E-state index in [0.717, 1.165) is 0 Å². The Labute approximate surface area is 181 Å². The number of anilines is 1. The van der Waals surface area contributed by atoms with Crippen LogP contribution in [0.2, 0.25) is 10.0 Å². The molecule has 2 aromatic carbocycles. The van der Waals surface area contributed by atoms with Crippen LogP contribution in [0.15, 0.2) is 48.5 Å². The molecule has 0 aliphatic carbocycles. The van der Waals surface area contributed by atoms with Crippen molar-refractivity contribution >= 4 is 86.9 Å². The molecule has 2 aromatic rings. The second-order valence-electron chi connectivity index (χ2n) is 5.04. The molecule has 4 nitrogen and oxygen atoms in total. The van der Waals surface area contributed by atoms with Crippen LogP contribution in [0.5, 0.6) is 0 Å². The highest BCUT2D eigenvalue weighted by molar-refractivity contribution is 7.80. The van der Waals surface area contributed by atoms with E-state index in [-0.39, 0.29) is 5.11 Å². The second kappa shape index (κ2) is 9.31. The zero-order valence-electron chi connectivity index (χ0n) is 12.9. The highest BCUT2D eigenvalue weighted by atomic mass is 35.6. The van der Waals surface area contributed by atoms with E-state index in [1.54, 1.807) is 48.5 Å². The summed E-state index contributed by atoms with van der Waals surface area (Å²) < 4.78 is -1.85. The predicted molar refractivity (Wildman–Crippen MR) is 114 cm³/mol. The van der Waals surface area contributed by atoms with Crippen LogP contribution in [0, 0.1) is 0 Å². The fraction of sp³-hybridized carbons (Fsp3) is 0.125. The van der Waals surface area contributed by atoms with Crippen LogP contribution in [-0.4, -0.2) is 21.0 Å². The van der Waals surface area contributed by atoms with Crippen LogP contribution < -0.4 is 16.0 Å². The zero-order chi connectivity index (χ0) is 19.3. The van der Waals surface area contributed by atoms with Gasteiger partial charge in [-0.1, -0.05) is 76.2 Å². The van der Waals surface area contributed by atoms with Crippen molar-refractivity contribution in [3.63, 3.8) is 0 Å². The van der Waals surface area contributed by atoms with Gasteiger partial charge in [-0.15, -0.1) is 0 Å². The number of halogens is 5. The van der Waals surface area contributed by atoms with Gasteiger partial charge in [0.2, 0.25) is 3.79 Å².